The Morgan fingerprint density at radius 1 is 1.45 bits per heavy atom. The number of carboxylic acid groups (broad SMARTS) is 2. The van der Waals surface area contributed by atoms with Gasteiger partial charge >= 0.3 is 5.97 Å². The van der Waals surface area contributed by atoms with Crippen molar-refractivity contribution in [2.75, 3.05) is 0 Å². The van der Waals surface area contributed by atoms with Crippen molar-refractivity contribution < 1.29 is 39.3 Å². The van der Waals surface area contributed by atoms with E-state index in [1.54, 1.807) is 0 Å². The van der Waals surface area contributed by atoms with Crippen LogP contribution in [-0.4, -0.2) is 22.2 Å². The predicted octanol–water partition coefficient (Wildman–Crippen LogP) is 0.550. The molecule has 0 saturated heterocycles. The topological polar surface area (TPSA) is 74.6 Å². The molecule has 4 nitrogen and oxygen atoms in total. The van der Waals surface area contributed by atoms with Gasteiger partial charge in [-0.2, -0.15) is 0 Å². The average molecular weight is 211 g/mol. The zero-order valence-electron chi connectivity index (χ0n) is 6.12. The Hall–Kier alpha value is -0.697. The molecular formula is C6H9O4Zn-. The predicted molar refractivity (Wildman–Crippen MR) is 35.4 cm³/mol. The zero-order chi connectivity index (χ0) is 8.57. The fourth-order valence-electron chi connectivity index (χ4n) is 0. The largest absolute Gasteiger partial charge is 0.483 e. The molecule has 0 rings (SSSR count). The first kappa shape index (κ1) is 16.7. The molecule has 0 amide bonds. The molecule has 0 unspecified atom stereocenters. The van der Waals surface area contributed by atoms with E-state index in [-0.39, 0.29) is 25.9 Å². The molecule has 0 bridgehead atoms. The van der Waals surface area contributed by atoms with Crippen LogP contribution < -0.4 is 0 Å². The van der Waals surface area contributed by atoms with Crippen molar-refractivity contribution in [2.45, 2.75) is 6.42 Å². The summed E-state index contributed by atoms with van der Waals surface area (Å²) in [5, 5.41) is 15.3. The van der Waals surface area contributed by atoms with E-state index in [4.69, 9.17) is 10.2 Å². The van der Waals surface area contributed by atoms with Crippen molar-refractivity contribution in [3.63, 3.8) is 0 Å². The van der Waals surface area contributed by atoms with E-state index < -0.39 is 11.9 Å². The minimum absolute atomic E-state index is 0. The Labute approximate surface area is 77.7 Å². The van der Waals surface area contributed by atoms with Crippen LogP contribution in [0.25, 0.3) is 0 Å². The maximum absolute atomic E-state index is 9.31. The van der Waals surface area contributed by atoms with Gasteiger partial charge in [0.05, 0.1) is 0 Å². The van der Waals surface area contributed by atoms with Crippen LogP contribution in [0.3, 0.4) is 0 Å². The SMILES string of the molecule is C=CC(=O)O.[CH2-]CC(=O)O.[Zn]. The number of hydrogen-bond donors (Lipinski definition) is 2. The second kappa shape index (κ2) is 12.0. The Bertz CT molecular complexity index is 133. The summed E-state index contributed by atoms with van der Waals surface area (Å²) in [5.74, 6) is -1.84. The van der Waals surface area contributed by atoms with Crippen molar-refractivity contribution in [1.29, 1.82) is 0 Å². The Morgan fingerprint density at radius 3 is 1.64 bits per heavy atom. The Kier molecular flexibility index (Phi) is 18.3. The first-order chi connectivity index (χ1) is 4.54. The maximum Gasteiger partial charge on any atom is 0.327 e. The van der Waals surface area contributed by atoms with Gasteiger partial charge in [-0.1, -0.05) is 13.0 Å². The molecule has 11 heavy (non-hydrogen) atoms. The molecule has 60 valence electrons. The standard InChI is InChI=1S/C3H5O2.C3H4O2.Zn/c2*1-2-3(4)5;/h1-2H2,(H,4,5);2H,1H2,(H,4,5);/q-1;;. The van der Waals surface area contributed by atoms with Crippen LogP contribution in [0.1, 0.15) is 6.42 Å². The Balaban J connectivity index is -0.000000107. The van der Waals surface area contributed by atoms with E-state index in [1.165, 1.54) is 0 Å². The van der Waals surface area contributed by atoms with Gasteiger partial charge in [-0.25, -0.2) is 4.79 Å². The number of carbonyl (C=O) groups is 2. The minimum Gasteiger partial charge on any atom is -0.483 e. The summed E-state index contributed by atoms with van der Waals surface area (Å²) >= 11 is 0. The van der Waals surface area contributed by atoms with Gasteiger partial charge in [-0.05, 0) is 0 Å². The molecule has 0 spiro atoms. The molecule has 0 aliphatic rings. The zero-order valence-corrected chi connectivity index (χ0v) is 9.08. The van der Waals surface area contributed by atoms with Crippen LogP contribution in [0, 0.1) is 6.92 Å². The summed E-state index contributed by atoms with van der Waals surface area (Å²) < 4.78 is 0. The second-order valence-corrected chi connectivity index (χ2v) is 1.19. The van der Waals surface area contributed by atoms with Gasteiger partial charge in [0.2, 0.25) is 0 Å². The summed E-state index contributed by atoms with van der Waals surface area (Å²) in [4.78, 5) is 18.6. The van der Waals surface area contributed by atoms with Crippen molar-refractivity contribution >= 4 is 11.9 Å². The minimum atomic E-state index is -0.981. The van der Waals surface area contributed by atoms with Gasteiger partial charge < -0.3 is 17.1 Å². The summed E-state index contributed by atoms with van der Waals surface area (Å²) in [6.07, 6.45) is 0.806. The van der Waals surface area contributed by atoms with E-state index >= 15 is 0 Å². The van der Waals surface area contributed by atoms with Gasteiger partial charge in [0, 0.05) is 25.6 Å². The van der Waals surface area contributed by atoms with Crippen LogP contribution in [-0.2, 0) is 29.1 Å². The van der Waals surface area contributed by atoms with E-state index in [2.05, 4.69) is 13.5 Å². The quantitative estimate of drug-likeness (QED) is 0.397. The van der Waals surface area contributed by atoms with E-state index in [1.807, 2.05) is 0 Å². The molecule has 0 aromatic carbocycles. The molecular weight excluding hydrogens is 201 g/mol. The van der Waals surface area contributed by atoms with Crippen LogP contribution in [0.2, 0.25) is 0 Å². The fourth-order valence-corrected chi connectivity index (χ4v) is 0. The van der Waals surface area contributed by atoms with Crippen molar-refractivity contribution in [2.24, 2.45) is 0 Å². The van der Waals surface area contributed by atoms with Gasteiger partial charge in [0.1, 0.15) is 0 Å². The average Bonchev–Trinajstić information content (AvgIpc) is 1.89. The third kappa shape index (κ3) is 45.5. The van der Waals surface area contributed by atoms with Crippen LogP contribution in [0.5, 0.6) is 0 Å². The summed E-state index contributed by atoms with van der Waals surface area (Å²) in [5.41, 5.74) is 0. The molecule has 0 aromatic rings. The molecule has 0 radical (unpaired) electrons. The second-order valence-electron chi connectivity index (χ2n) is 1.19. The van der Waals surface area contributed by atoms with Crippen molar-refractivity contribution in [3.8, 4) is 0 Å². The molecule has 2 N–H and O–H groups in total. The smallest absolute Gasteiger partial charge is 0.327 e. The third-order valence-electron chi connectivity index (χ3n) is 0.388. The van der Waals surface area contributed by atoms with Gasteiger partial charge in [0.25, 0.3) is 5.97 Å². The molecule has 0 fully saturated rings. The van der Waals surface area contributed by atoms with Crippen LogP contribution in [0.15, 0.2) is 12.7 Å². The molecule has 0 aliphatic heterocycles. The maximum atomic E-state index is 9.31. The summed E-state index contributed by atoms with van der Waals surface area (Å²) in [6, 6.07) is 0. The molecule has 0 atom stereocenters. The molecule has 0 aromatic heterocycles. The fraction of sp³-hybridized carbons (Fsp3) is 0.167. The third-order valence-corrected chi connectivity index (χ3v) is 0.388. The van der Waals surface area contributed by atoms with Gasteiger partial charge in [-0.3, -0.25) is 4.79 Å². The summed E-state index contributed by atoms with van der Waals surface area (Å²) in [6.45, 7) is 6.05. The van der Waals surface area contributed by atoms with Crippen LogP contribution >= 0.6 is 0 Å². The number of rotatable bonds is 2. The first-order valence-electron chi connectivity index (χ1n) is 2.41. The monoisotopic (exact) mass is 209 g/mol. The van der Waals surface area contributed by atoms with Gasteiger partial charge in [-0.15, -0.1) is 0 Å². The van der Waals surface area contributed by atoms with E-state index in [0.717, 1.165) is 6.08 Å². The van der Waals surface area contributed by atoms with Gasteiger partial charge in [0.15, 0.2) is 0 Å². The summed E-state index contributed by atoms with van der Waals surface area (Å²) in [7, 11) is 0. The van der Waals surface area contributed by atoms with Crippen LogP contribution in [0.4, 0.5) is 0 Å². The van der Waals surface area contributed by atoms with Crippen molar-refractivity contribution in [3.05, 3.63) is 19.6 Å². The molecule has 0 aliphatic carbocycles. The van der Waals surface area contributed by atoms with Crippen molar-refractivity contribution in [1.82, 2.24) is 0 Å². The number of carboxylic acids is 2. The number of aliphatic carboxylic acids is 2. The number of hydrogen-bond acceptors (Lipinski definition) is 2. The molecule has 5 heteroatoms. The normalized spacial score (nSPS) is 6.27. The molecule has 0 saturated carbocycles. The van der Waals surface area contributed by atoms with E-state index in [0.29, 0.717) is 0 Å². The first-order valence-corrected chi connectivity index (χ1v) is 2.41. The Morgan fingerprint density at radius 2 is 1.64 bits per heavy atom. The van der Waals surface area contributed by atoms with E-state index in [9.17, 15) is 9.59 Å². The molecule has 0 heterocycles.